The van der Waals surface area contributed by atoms with E-state index in [4.69, 9.17) is 0 Å². The number of H-pyrrole nitrogens is 1. The molecule has 1 aromatic heterocycles. The van der Waals surface area contributed by atoms with Crippen LogP contribution in [0.15, 0.2) is 17.1 Å². The van der Waals surface area contributed by atoms with Crippen molar-refractivity contribution < 1.29 is 4.79 Å². The van der Waals surface area contributed by atoms with E-state index in [2.05, 4.69) is 9.88 Å². The molecule has 0 bridgehead atoms. The first-order valence-corrected chi connectivity index (χ1v) is 6.64. The zero-order valence-corrected chi connectivity index (χ0v) is 11.8. The summed E-state index contributed by atoms with van der Waals surface area (Å²) < 4.78 is 0. The van der Waals surface area contributed by atoms with Crippen molar-refractivity contribution in [2.45, 2.75) is 25.8 Å². The van der Waals surface area contributed by atoms with Crippen LogP contribution in [-0.4, -0.2) is 53.9 Å². The highest BCUT2D eigenvalue weighted by molar-refractivity contribution is 5.93. The number of aromatic amines is 1. The van der Waals surface area contributed by atoms with Gasteiger partial charge in [0.05, 0.1) is 0 Å². The Balaban J connectivity index is 2.17. The molecule has 1 atom stereocenters. The number of hydrogen-bond donors (Lipinski definition) is 1. The van der Waals surface area contributed by atoms with E-state index < -0.39 is 0 Å². The van der Waals surface area contributed by atoms with Gasteiger partial charge in [0.25, 0.3) is 5.91 Å². The number of pyridine rings is 1. The Kier molecular flexibility index (Phi) is 4.04. The van der Waals surface area contributed by atoms with Gasteiger partial charge in [-0.05, 0) is 33.9 Å². The molecule has 1 saturated heterocycles. The minimum Gasteiger partial charge on any atom is -0.364 e. The summed E-state index contributed by atoms with van der Waals surface area (Å²) in [6.45, 7) is 3.23. The molecule has 19 heavy (non-hydrogen) atoms. The standard InChI is InChI=1S/C14H21N3O2/c1-10-7-13(18)12(8-15-10)14(19)17-6-4-5-11(9-17)16(2)3/h7-8,11H,4-6,9H2,1-3H3,(H,15,18). The van der Waals surface area contributed by atoms with Crippen molar-refractivity contribution in [3.63, 3.8) is 0 Å². The van der Waals surface area contributed by atoms with Crippen LogP contribution in [-0.2, 0) is 0 Å². The smallest absolute Gasteiger partial charge is 0.259 e. The third-order valence-electron chi connectivity index (χ3n) is 3.70. The van der Waals surface area contributed by atoms with E-state index in [1.54, 1.807) is 11.8 Å². The lowest BCUT2D eigenvalue weighted by Crippen LogP contribution is -2.48. The topological polar surface area (TPSA) is 56.4 Å². The van der Waals surface area contributed by atoms with Gasteiger partial charge in [0.1, 0.15) is 5.56 Å². The van der Waals surface area contributed by atoms with Gasteiger partial charge >= 0.3 is 0 Å². The molecule has 1 aromatic rings. The minimum absolute atomic E-state index is 0.159. The van der Waals surface area contributed by atoms with E-state index in [1.165, 1.54) is 12.3 Å². The van der Waals surface area contributed by atoms with Gasteiger partial charge < -0.3 is 14.8 Å². The zero-order valence-electron chi connectivity index (χ0n) is 11.8. The molecule has 1 N–H and O–H groups in total. The van der Waals surface area contributed by atoms with Crippen molar-refractivity contribution in [3.05, 3.63) is 33.7 Å². The Hall–Kier alpha value is -1.62. The molecule has 1 aliphatic heterocycles. The highest BCUT2D eigenvalue weighted by Crippen LogP contribution is 2.15. The molecule has 2 heterocycles. The highest BCUT2D eigenvalue weighted by Gasteiger charge is 2.26. The Morgan fingerprint density at radius 3 is 2.84 bits per heavy atom. The number of rotatable bonds is 2. The normalized spacial score (nSPS) is 19.8. The number of nitrogens with one attached hydrogen (secondary N) is 1. The molecule has 2 rings (SSSR count). The fraction of sp³-hybridized carbons (Fsp3) is 0.571. The van der Waals surface area contributed by atoms with Crippen LogP contribution in [0, 0.1) is 6.92 Å². The summed E-state index contributed by atoms with van der Waals surface area (Å²) in [6, 6.07) is 1.85. The maximum absolute atomic E-state index is 12.4. The summed E-state index contributed by atoms with van der Waals surface area (Å²) in [5, 5.41) is 0. The average Bonchev–Trinajstić information content (AvgIpc) is 2.38. The van der Waals surface area contributed by atoms with Crippen molar-refractivity contribution >= 4 is 5.91 Å². The summed E-state index contributed by atoms with van der Waals surface area (Å²) in [5.41, 5.74) is 0.810. The zero-order chi connectivity index (χ0) is 14.0. The van der Waals surface area contributed by atoms with E-state index in [1.807, 2.05) is 14.1 Å². The van der Waals surface area contributed by atoms with Crippen molar-refractivity contribution in [1.29, 1.82) is 0 Å². The molecule has 0 spiro atoms. The van der Waals surface area contributed by atoms with Crippen LogP contribution < -0.4 is 5.43 Å². The number of piperidine rings is 1. The van der Waals surface area contributed by atoms with Crippen LogP contribution in [0.5, 0.6) is 0 Å². The Morgan fingerprint density at radius 1 is 1.47 bits per heavy atom. The molecule has 1 fully saturated rings. The maximum atomic E-state index is 12.4. The molecule has 1 amide bonds. The lowest BCUT2D eigenvalue weighted by molar-refractivity contribution is 0.0633. The van der Waals surface area contributed by atoms with E-state index in [0.717, 1.165) is 25.1 Å². The summed E-state index contributed by atoms with van der Waals surface area (Å²) in [4.78, 5) is 31.1. The molecule has 0 saturated carbocycles. The second kappa shape index (κ2) is 5.57. The lowest BCUT2D eigenvalue weighted by Gasteiger charge is -2.36. The Morgan fingerprint density at radius 2 is 2.21 bits per heavy atom. The van der Waals surface area contributed by atoms with Gasteiger partial charge in [-0.15, -0.1) is 0 Å². The van der Waals surface area contributed by atoms with Crippen molar-refractivity contribution in [3.8, 4) is 0 Å². The predicted octanol–water partition coefficient (Wildman–Crippen LogP) is 0.850. The molecule has 5 nitrogen and oxygen atoms in total. The third-order valence-corrected chi connectivity index (χ3v) is 3.70. The second-order valence-corrected chi connectivity index (χ2v) is 5.40. The molecule has 5 heteroatoms. The number of likely N-dealkylation sites (N-methyl/N-ethyl adjacent to an activating group) is 1. The lowest BCUT2D eigenvalue weighted by atomic mass is 10.0. The number of nitrogens with zero attached hydrogens (tertiary/aromatic N) is 2. The quantitative estimate of drug-likeness (QED) is 0.860. The van der Waals surface area contributed by atoms with Gasteiger partial charge in [-0.2, -0.15) is 0 Å². The number of carbonyl (C=O) groups is 1. The van der Waals surface area contributed by atoms with Crippen LogP contribution in [0.3, 0.4) is 0 Å². The largest absolute Gasteiger partial charge is 0.364 e. The Bertz CT molecular complexity index is 522. The number of aryl methyl sites for hydroxylation is 1. The van der Waals surface area contributed by atoms with Crippen LogP contribution in [0.2, 0.25) is 0 Å². The molecule has 0 aromatic carbocycles. The van der Waals surface area contributed by atoms with Gasteiger partial charge in [-0.3, -0.25) is 9.59 Å². The Labute approximate surface area is 113 Å². The first-order valence-electron chi connectivity index (χ1n) is 6.64. The minimum atomic E-state index is -0.201. The van der Waals surface area contributed by atoms with E-state index in [9.17, 15) is 9.59 Å². The average molecular weight is 263 g/mol. The SMILES string of the molecule is Cc1cc(=O)c(C(=O)N2CCCC(N(C)C)C2)c[nH]1. The van der Waals surface area contributed by atoms with Crippen LogP contribution >= 0.6 is 0 Å². The number of amides is 1. The van der Waals surface area contributed by atoms with Crippen LogP contribution in [0.25, 0.3) is 0 Å². The van der Waals surface area contributed by atoms with Crippen molar-refractivity contribution in [1.82, 2.24) is 14.8 Å². The fourth-order valence-corrected chi connectivity index (χ4v) is 2.47. The van der Waals surface area contributed by atoms with E-state index in [0.29, 0.717) is 12.6 Å². The highest BCUT2D eigenvalue weighted by atomic mass is 16.2. The molecule has 0 aliphatic carbocycles. The van der Waals surface area contributed by atoms with E-state index in [-0.39, 0.29) is 16.9 Å². The fourth-order valence-electron chi connectivity index (χ4n) is 2.47. The van der Waals surface area contributed by atoms with Gasteiger partial charge in [-0.1, -0.05) is 0 Å². The third kappa shape index (κ3) is 3.04. The molecule has 1 unspecified atom stereocenters. The first kappa shape index (κ1) is 13.8. The molecular formula is C14H21N3O2. The van der Waals surface area contributed by atoms with Crippen LogP contribution in [0.4, 0.5) is 0 Å². The summed E-state index contributed by atoms with van der Waals surface area (Å²) >= 11 is 0. The van der Waals surface area contributed by atoms with Gasteiger partial charge in [-0.25, -0.2) is 0 Å². The number of carbonyl (C=O) groups excluding carboxylic acids is 1. The molecule has 1 aliphatic rings. The predicted molar refractivity (Wildman–Crippen MR) is 74.4 cm³/mol. The van der Waals surface area contributed by atoms with Gasteiger partial charge in [0.15, 0.2) is 5.43 Å². The summed E-state index contributed by atoms with van der Waals surface area (Å²) in [6.07, 6.45) is 3.61. The molecule has 104 valence electrons. The van der Waals surface area contributed by atoms with Crippen molar-refractivity contribution in [2.75, 3.05) is 27.2 Å². The van der Waals surface area contributed by atoms with Gasteiger partial charge in [0.2, 0.25) is 0 Å². The number of likely N-dealkylation sites (tertiary alicyclic amines) is 1. The van der Waals surface area contributed by atoms with Crippen molar-refractivity contribution in [2.24, 2.45) is 0 Å². The molecule has 0 radical (unpaired) electrons. The van der Waals surface area contributed by atoms with Crippen LogP contribution in [0.1, 0.15) is 28.9 Å². The molecular weight excluding hydrogens is 242 g/mol. The number of aromatic nitrogens is 1. The summed E-state index contributed by atoms with van der Waals surface area (Å²) in [7, 11) is 4.05. The first-order chi connectivity index (χ1) is 8.99. The maximum Gasteiger partial charge on any atom is 0.259 e. The van der Waals surface area contributed by atoms with E-state index >= 15 is 0 Å². The summed E-state index contributed by atoms with van der Waals surface area (Å²) in [5.74, 6) is -0.159. The number of hydrogen-bond acceptors (Lipinski definition) is 3. The monoisotopic (exact) mass is 263 g/mol. The second-order valence-electron chi connectivity index (χ2n) is 5.40. The van der Waals surface area contributed by atoms with Gasteiger partial charge in [0, 0.05) is 37.1 Å².